The Morgan fingerprint density at radius 1 is 1.38 bits per heavy atom. The topological polar surface area (TPSA) is 101 Å². The second kappa shape index (κ2) is 5.80. The summed E-state index contributed by atoms with van der Waals surface area (Å²) in [6.45, 7) is 3.02. The first-order chi connectivity index (χ1) is 10.2. The van der Waals surface area contributed by atoms with Gasteiger partial charge in [-0.1, -0.05) is 11.3 Å². The summed E-state index contributed by atoms with van der Waals surface area (Å²) in [7, 11) is 0. The molecule has 0 atom stereocenters. The summed E-state index contributed by atoms with van der Waals surface area (Å²) in [5.74, 6) is -0.655. The predicted molar refractivity (Wildman–Crippen MR) is 72.9 cm³/mol. The molecule has 1 aliphatic heterocycles. The Hall–Kier alpha value is -2.61. The van der Waals surface area contributed by atoms with E-state index in [1.54, 1.807) is 6.07 Å². The van der Waals surface area contributed by atoms with Crippen LogP contribution in [-0.4, -0.2) is 52.8 Å². The van der Waals surface area contributed by atoms with Gasteiger partial charge in [-0.3, -0.25) is 0 Å². The van der Waals surface area contributed by atoms with Crippen LogP contribution in [0.3, 0.4) is 0 Å². The minimum atomic E-state index is -1.19. The van der Waals surface area contributed by atoms with Crippen LogP contribution in [0.5, 0.6) is 11.6 Å². The third-order valence-corrected chi connectivity index (χ3v) is 3.13. The van der Waals surface area contributed by atoms with E-state index in [2.05, 4.69) is 20.3 Å². The van der Waals surface area contributed by atoms with Crippen LogP contribution in [0.1, 0.15) is 10.5 Å². The molecule has 21 heavy (non-hydrogen) atoms. The number of benzene rings is 1. The molecule has 0 amide bonds. The van der Waals surface area contributed by atoms with Crippen LogP contribution in [0.15, 0.2) is 24.3 Å². The monoisotopic (exact) mass is 290 g/mol. The van der Waals surface area contributed by atoms with Gasteiger partial charge in [0.05, 0.1) is 13.2 Å². The predicted octanol–water partition coefficient (Wildman–Crippen LogP) is 1.13. The summed E-state index contributed by atoms with van der Waals surface area (Å²) in [6, 6.07) is 7.42. The third-order valence-electron chi connectivity index (χ3n) is 3.13. The molecule has 1 aromatic heterocycles. The lowest BCUT2D eigenvalue weighted by Gasteiger charge is -2.29. The van der Waals surface area contributed by atoms with E-state index >= 15 is 0 Å². The summed E-state index contributed by atoms with van der Waals surface area (Å²) in [4.78, 5) is 13.1. The largest absolute Gasteiger partial charge is 0.476 e. The Morgan fingerprint density at radius 3 is 2.95 bits per heavy atom. The summed E-state index contributed by atoms with van der Waals surface area (Å²) < 4.78 is 10.8. The van der Waals surface area contributed by atoms with Crippen LogP contribution in [0.4, 0.5) is 5.69 Å². The molecule has 3 rings (SSSR count). The number of nitrogens with zero attached hydrogens (tertiary/aromatic N) is 3. The lowest BCUT2D eigenvalue weighted by molar-refractivity contribution is 0.0687. The van der Waals surface area contributed by atoms with Crippen LogP contribution >= 0.6 is 0 Å². The molecule has 8 nitrogen and oxygen atoms in total. The van der Waals surface area contributed by atoms with Crippen LogP contribution in [0.25, 0.3) is 0 Å². The summed E-state index contributed by atoms with van der Waals surface area (Å²) in [6.07, 6.45) is 0. The Kier molecular flexibility index (Phi) is 3.69. The van der Waals surface area contributed by atoms with E-state index in [1.807, 2.05) is 18.2 Å². The number of nitrogens with one attached hydrogen (secondary N) is 1. The Labute approximate surface area is 120 Å². The molecule has 0 spiro atoms. The number of H-pyrrole nitrogens is 1. The number of aromatic carboxylic acids is 1. The number of rotatable bonds is 4. The van der Waals surface area contributed by atoms with E-state index in [0.29, 0.717) is 19.0 Å². The third kappa shape index (κ3) is 2.95. The van der Waals surface area contributed by atoms with Crippen molar-refractivity contribution >= 4 is 11.7 Å². The van der Waals surface area contributed by atoms with Gasteiger partial charge < -0.3 is 19.5 Å². The number of aromatic amines is 1. The molecule has 2 N–H and O–H groups in total. The first-order valence-electron chi connectivity index (χ1n) is 6.49. The van der Waals surface area contributed by atoms with E-state index in [1.165, 1.54) is 0 Å². The molecule has 2 aromatic rings. The average molecular weight is 290 g/mol. The molecule has 110 valence electrons. The van der Waals surface area contributed by atoms with Crippen molar-refractivity contribution in [3.63, 3.8) is 0 Å². The molecule has 0 radical (unpaired) electrons. The van der Waals surface area contributed by atoms with Crippen molar-refractivity contribution in [2.75, 3.05) is 31.2 Å². The molecule has 0 unspecified atom stereocenters. The molecule has 0 aliphatic carbocycles. The van der Waals surface area contributed by atoms with Gasteiger partial charge in [0.25, 0.3) is 5.88 Å². The zero-order valence-electron chi connectivity index (χ0n) is 11.2. The number of carbonyl (C=O) groups is 1. The van der Waals surface area contributed by atoms with Gasteiger partial charge in [0, 0.05) is 24.8 Å². The Bertz CT molecular complexity index is 637. The quantitative estimate of drug-likeness (QED) is 0.870. The minimum Gasteiger partial charge on any atom is -0.476 e. The van der Waals surface area contributed by atoms with Gasteiger partial charge in [-0.15, -0.1) is 5.10 Å². The zero-order chi connectivity index (χ0) is 14.7. The first kappa shape index (κ1) is 13.4. The van der Waals surface area contributed by atoms with E-state index in [4.69, 9.17) is 14.6 Å². The zero-order valence-corrected chi connectivity index (χ0v) is 11.2. The fourth-order valence-electron chi connectivity index (χ4n) is 2.11. The molecule has 8 heteroatoms. The maximum atomic E-state index is 11.0. The molecule has 0 bridgehead atoms. The molecule has 1 aliphatic rings. The second-order valence-corrected chi connectivity index (χ2v) is 4.49. The molecular formula is C13H14N4O4. The van der Waals surface area contributed by atoms with Crippen molar-refractivity contribution in [1.29, 1.82) is 0 Å². The van der Waals surface area contributed by atoms with E-state index in [9.17, 15) is 4.79 Å². The number of ether oxygens (including phenoxy) is 2. The molecule has 0 saturated carbocycles. The number of hydrogen-bond donors (Lipinski definition) is 2. The summed E-state index contributed by atoms with van der Waals surface area (Å²) in [5, 5.41) is 18.3. The smallest absolute Gasteiger partial charge is 0.362 e. The van der Waals surface area contributed by atoms with E-state index in [-0.39, 0.29) is 11.6 Å². The maximum absolute atomic E-state index is 11.0. The number of anilines is 1. The Morgan fingerprint density at radius 2 is 2.19 bits per heavy atom. The Balaban J connectivity index is 1.79. The highest BCUT2D eigenvalue weighted by Gasteiger charge is 2.17. The fraction of sp³-hybridized carbons (Fsp3) is 0.308. The van der Waals surface area contributed by atoms with Crippen LogP contribution < -0.4 is 9.64 Å². The van der Waals surface area contributed by atoms with Crippen molar-refractivity contribution in [3.05, 3.63) is 30.0 Å². The van der Waals surface area contributed by atoms with Crippen LogP contribution in [-0.2, 0) is 4.74 Å². The van der Waals surface area contributed by atoms with Crippen LogP contribution in [0.2, 0.25) is 0 Å². The summed E-state index contributed by atoms with van der Waals surface area (Å²) in [5.41, 5.74) is 0.756. The van der Waals surface area contributed by atoms with Gasteiger partial charge in [-0.2, -0.15) is 0 Å². The number of carboxylic acid groups (broad SMARTS) is 1. The molecule has 1 saturated heterocycles. The standard InChI is InChI=1S/C13H14N4O4/c18-13(19)11-12(15-16-14-11)21-10-3-1-2-9(8-10)17-4-6-20-7-5-17/h1-3,8H,4-7H2,(H,18,19)(H,14,15,16). The highest BCUT2D eigenvalue weighted by molar-refractivity contribution is 5.87. The van der Waals surface area contributed by atoms with Crippen molar-refractivity contribution in [1.82, 2.24) is 15.4 Å². The van der Waals surface area contributed by atoms with Crippen molar-refractivity contribution in [2.24, 2.45) is 0 Å². The lowest BCUT2D eigenvalue weighted by atomic mass is 10.2. The van der Waals surface area contributed by atoms with Crippen molar-refractivity contribution in [2.45, 2.75) is 0 Å². The first-order valence-corrected chi connectivity index (χ1v) is 6.49. The van der Waals surface area contributed by atoms with Gasteiger partial charge in [-0.05, 0) is 12.1 Å². The highest BCUT2D eigenvalue weighted by Crippen LogP contribution is 2.26. The molecule has 1 aromatic carbocycles. The maximum Gasteiger partial charge on any atom is 0.362 e. The van der Waals surface area contributed by atoms with Crippen molar-refractivity contribution < 1.29 is 19.4 Å². The molecule has 1 fully saturated rings. The lowest BCUT2D eigenvalue weighted by Crippen LogP contribution is -2.36. The average Bonchev–Trinajstić information content (AvgIpc) is 2.97. The fourth-order valence-corrected chi connectivity index (χ4v) is 2.11. The van der Waals surface area contributed by atoms with Gasteiger partial charge in [0.2, 0.25) is 5.69 Å². The second-order valence-electron chi connectivity index (χ2n) is 4.49. The van der Waals surface area contributed by atoms with Gasteiger partial charge in [0.1, 0.15) is 5.75 Å². The highest BCUT2D eigenvalue weighted by atomic mass is 16.5. The van der Waals surface area contributed by atoms with Crippen molar-refractivity contribution in [3.8, 4) is 11.6 Å². The number of hydrogen-bond acceptors (Lipinski definition) is 6. The number of aromatic nitrogens is 3. The van der Waals surface area contributed by atoms with Gasteiger partial charge in [-0.25, -0.2) is 9.89 Å². The minimum absolute atomic E-state index is 0.0154. The summed E-state index contributed by atoms with van der Waals surface area (Å²) >= 11 is 0. The normalized spacial score (nSPS) is 15.0. The SMILES string of the molecule is O=C(O)c1nn[nH]c1Oc1cccc(N2CCOCC2)c1. The number of morpholine rings is 1. The molecular weight excluding hydrogens is 276 g/mol. The number of carboxylic acids is 1. The van der Waals surface area contributed by atoms with Gasteiger partial charge >= 0.3 is 5.97 Å². The van der Waals surface area contributed by atoms with E-state index < -0.39 is 5.97 Å². The van der Waals surface area contributed by atoms with Gasteiger partial charge in [0.15, 0.2) is 0 Å². The van der Waals surface area contributed by atoms with E-state index in [0.717, 1.165) is 18.8 Å². The molecule has 2 heterocycles. The van der Waals surface area contributed by atoms with Crippen LogP contribution in [0, 0.1) is 0 Å².